The number of amides is 1. The van der Waals surface area contributed by atoms with Gasteiger partial charge in [0, 0.05) is 49.8 Å². The quantitative estimate of drug-likeness (QED) is 0.842. The van der Waals surface area contributed by atoms with Crippen LogP contribution in [0.25, 0.3) is 5.70 Å². The molecule has 2 aliphatic heterocycles. The molecule has 4 rings (SSSR count). The molecule has 1 saturated heterocycles. The molecule has 0 bridgehead atoms. The second-order valence-electron chi connectivity index (χ2n) is 7.55. The zero-order chi connectivity index (χ0) is 19.2. The summed E-state index contributed by atoms with van der Waals surface area (Å²) >= 11 is 0. The number of nitrogens with one attached hydrogen (secondary N) is 1. The summed E-state index contributed by atoms with van der Waals surface area (Å²) in [5, 5.41) is 3.38. The van der Waals surface area contributed by atoms with E-state index in [-0.39, 0.29) is 11.9 Å². The van der Waals surface area contributed by atoms with Crippen LogP contribution in [0, 0.1) is 0 Å². The fourth-order valence-electron chi connectivity index (χ4n) is 3.99. The Morgan fingerprint density at radius 2 is 1.89 bits per heavy atom. The molecule has 1 N–H and O–H groups in total. The summed E-state index contributed by atoms with van der Waals surface area (Å²) in [4.78, 5) is 21.5. The molecule has 1 atom stereocenters. The van der Waals surface area contributed by atoms with Crippen LogP contribution >= 0.6 is 0 Å². The van der Waals surface area contributed by atoms with Gasteiger partial charge in [0.15, 0.2) is 0 Å². The molecule has 1 aromatic carbocycles. The van der Waals surface area contributed by atoms with Gasteiger partial charge in [0.25, 0.3) is 0 Å². The van der Waals surface area contributed by atoms with Gasteiger partial charge in [0.2, 0.25) is 5.91 Å². The predicted octanol–water partition coefficient (Wildman–Crippen LogP) is 2.56. The molecule has 0 saturated carbocycles. The van der Waals surface area contributed by atoms with Crippen LogP contribution in [0.4, 0.5) is 0 Å². The van der Waals surface area contributed by atoms with Crippen molar-refractivity contribution in [3.05, 3.63) is 72.1 Å². The third-order valence-corrected chi connectivity index (χ3v) is 5.62. The van der Waals surface area contributed by atoms with Crippen molar-refractivity contribution in [1.82, 2.24) is 20.1 Å². The number of hydrogen-bond donors (Lipinski definition) is 1. The molecular weight excluding hydrogens is 348 g/mol. The van der Waals surface area contributed by atoms with Crippen LogP contribution in [0.5, 0.6) is 0 Å². The molecule has 1 aromatic heterocycles. The average molecular weight is 377 g/mol. The molecule has 5 nitrogen and oxygen atoms in total. The first-order chi connectivity index (χ1) is 13.8. The number of aromatic nitrogens is 1. The lowest BCUT2D eigenvalue weighted by molar-refractivity contribution is -0.134. The van der Waals surface area contributed by atoms with E-state index in [0.717, 1.165) is 56.8 Å². The van der Waals surface area contributed by atoms with E-state index in [9.17, 15) is 4.79 Å². The topological polar surface area (TPSA) is 48.5 Å². The Labute approximate surface area is 167 Å². The summed E-state index contributed by atoms with van der Waals surface area (Å²) in [5.41, 5.74) is 3.47. The molecule has 2 aliphatic rings. The summed E-state index contributed by atoms with van der Waals surface area (Å²) in [6.07, 6.45) is 8.75. The van der Waals surface area contributed by atoms with Crippen molar-refractivity contribution in [3.63, 3.8) is 0 Å². The van der Waals surface area contributed by atoms with Gasteiger partial charge in [-0.2, -0.15) is 0 Å². The number of aryl methyl sites for hydroxylation is 1. The number of piperazine rings is 1. The summed E-state index contributed by atoms with van der Waals surface area (Å²) in [6, 6.07) is 14.5. The number of benzene rings is 1. The number of rotatable bonds is 6. The van der Waals surface area contributed by atoms with Crippen LogP contribution in [0.15, 0.2) is 60.9 Å². The monoisotopic (exact) mass is 376 g/mol. The normalized spacial score (nSPS) is 19.9. The second kappa shape index (κ2) is 9.02. The molecule has 0 radical (unpaired) electrons. The minimum atomic E-state index is -0.139. The number of nitrogens with zero attached hydrogens (tertiary/aromatic N) is 3. The number of pyridine rings is 1. The molecule has 3 heterocycles. The van der Waals surface area contributed by atoms with Crippen LogP contribution in [0.3, 0.4) is 0 Å². The van der Waals surface area contributed by atoms with E-state index < -0.39 is 0 Å². The van der Waals surface area contributed by atoms with Gasteiger partial charge in [-0.3, -0.25) is 14.7 Å². The summed E-state index contributed by atoms with van der Waals surface area (Å²) in [6.45, 7) is 4.69. The molecule has 2 aromatic rings. The van der Waals surface area contributed by atoms with E-state index in [1.807, 2.05) is 23.2 Å². The summed E-state index contributed by atoms with van der Waals surface area (Å²) in [5.74, 6) is 0.221. The molecule has 1 amide bonds. The number of carbonyl (C=O) groups is 1. The minimum Gasteiger partial charge on any atom is -0.373 e. The SMILES string of the molecule is O=C(C1CC=C(c2cccnc2)N1)N1CCN(CCCc2ccccc2)CC1. The van der Waals surface area contributed by atoms with Gasteiger partial charge in [0.1, 0.15) is 6.04 Å². The van der Waals surface area contributed by atoms with E-state index >= 15 is 0 Å². The van der Waals surface area contributed by atoms with Gasteiger partial charge < -0.3 is 10.2 Å². The largest absolute Gasteiger partial charge is 0.373 e. The third-order valence-electron chi connectivity index (χ3n) is 5.62. The maximum absolute atomic E-state index is 12.9. The van der Waals surface area contributed by atoms with Crippen molar-refractivity contribution in [3.8, 4) is 0 Å². The maximum Gasteiger partial charge on any atom is 0.245 e. The molecule has 1 fully saturated rings. The van der Waals surface area contributed by atoms with Gasteiger partial charge in [-0.15, -0.1) is 0 Å². The highest BCUT2D eigenvalue weighted by molar-refractivity contribution is 5.86. The van der Waals surface area contributed by atoms with Gasteiger partial charge >= 0.3 is 0 Å². The van der Waals surface area contributed by atoms with Crippen molar-refractivity contribution in [2.24, 2.45) is 0 Å². The highest BCUT2D eigenvalue weighted by atomic mass is 16.2. The first kappa shape index (κ1) is 18.7. The summed E-state index contributed by atoms with van der Waals surface area (Å²) < 4.78 is 0. The van der Waals surface area contributed by atoms with E-state index in [0.29, 0.717) is 0 Å². The van der Waals surface area contributed by atoms with E-state index in [4.69, 9.17) is 0 Å². The lowest BCUT2D eigenvalue weighted by atomic mass is 10.1. The Hall–Kier alpha value is -2.66. The van der Waals surface area contributed by atoms with Crippen LogP contribution < -0.4 is 5.32 Å². The fraction of sp³-hybridized carbons (Fsp3) is 0.391. The molecule has 146 valence electrons. The van der Waals surface area contributed by atoms with Crippen LogP contribution in [0.2, 0.25) is 0 Å². The van der Waals surface area contributed by atoms with E-state index in [1.54, 1.807) is 6.20 Å². The number of carbonyl (C=O) groups excluding carboxylic acids is 1. The lowest BCUT2D eigenvalue weighted by Crippen LogP contribution is -2.53. The first-order valence-corrected chi connectivity index (χ1v) is 10.2. The Kier molecular flexibility index (Phi) is 6.02. The zero-order valence-electron chi connectivity index (χ0n) is 16.3. The number of hydrogen-bond acceptors (Lipinski definition) is 4. The van der Waals surface area contributed by atoms with Crippen molar-refractivity contribution in [2.45, 2.75) is 25.3 Å². The Bertz CT molecular complexity index is 798. The molecule has 0 aliphatic carbocycles. The van der Waals surface area contributed by atoms with Gasteiger partial charge in [-0.1, -0.05) is 36.4 Å². The van der Waals surface area contributed by atoms with E-state index in [1.165, 1.54) is 12.0 Å². The molecular formula is C23H28N4O. The second-order valence-corrected chi connectivity index (χ2v) is 7.55. The lowest BCUT2D eigenvalue weighted by Gasteiger charge is -2.36. The van der Waals surface area contributed by atoms with Crippen molar-refractivity contribution in [1.29, 1.82) is 0 Å². The van der Waals surface area contributed by atoms with Crippen molar-refractivity contribution < 1.29 is 4.79 Å². The third kappa shape index (κ3) is 4.60. The molecule has 0 spiro atoms. The first-order valence-electron chi connectivity index (χ1n) is 10.2. The van der Waals surface area contributed by atoms with Gasteiger partial charge in [-0.25, -0.2) is 0 Å². The van der Waals surface area contributed by atoms with Crippen LogP contribution in [0.1, 0.15) is 24.0 Å². The van der Waals surface area contributed by atoms with Gasteiger partial charge in [0.05, 0.1) is 0 Å². The molecule has 5 heteroatoms. The van der Waals surface area contributed by atoms with Crippen LogP contribution in [-0.4, -0.2) is 59.5 Å². The summed E-state index contributed by atoms with van der Waals surface area (Å²) in [7, 11) is 0. The van der Waals surface area contributed by atoms with Crippen molar-refractivity contribution in [2.75, 3.05) is 32.7 Å². The fourth-order valence-corrected chi connectivity index (χ4v) is 3.99. The minimum absolute atomic E-state index is 0.139. The predicted molar refractivity (Wildman–Crippen MR) is 112 cm³/mol. The smallest absolute Gasteiger partial charge is 0.245 e. The standard InChI is InChI=1S/C23H28N4O/c28-23(22-11-10-21(25-22)20-9-4-12-24-18-20)27-16-14-26(15-17-27)13-5-8-19-6-2-1-3-7-19/h1-4,6-7,9-10,12,18,22,25H,5,8,11,13-17H2. The Balaban J connectivity index is 1.19. The Morgan fingerprint density at radius 3 is 2.64 bits per heavy atom. The Morgan fingerprint density at radius 1 is 1.07 bits per heavy atom. The average Bonchev–Trinajstić information content (AvgIpc) is 3.25. The van der Waals surface area contributed by atoms with Crippen LogP contribution in [-0.2, 0) is 11.2 Å². The van der Waals surface area contributed by atoms with E-state index in [2.05, 4.69) is 51.6 Å². The molecule has 28 heavy (non-hydrogen) atoms. The van der Waals surface area contributed by atoms with Gasteiger partial charge in [-0.05, 0) is 43.5 Å². The zero-order valence-corrected chi connectivity index (χ0v) is 16.3. The molecule has 1 unspecified atom stereocenters. The maximum atomic E-state index is 12.9. The highest BCUT2D eigenvalue weighted by Gasteiger charge is 2.30. The highest BCUT2D eigenvalue weighted by Crippen LogP contribution is 2.20. The van der Waals surface area contributed by atoms with Crippen molar-refractivity contribution >= 4 is 11.6 Å².